The SMILES string of the molecule is COCCOC(C1CCCCC1)C(F)(F)C(=O)O. The molecular weight excluding hydrogens is 246 g/mol. The van der Waals surface area contributed by atoms with Gasteiger partial charge in [-0.3, -0.25) is 0 Å². The van der Waals surface area contributed by atoms with Crippen molar-refractivity contribution in [2.45, 2.75) is 44.1 Å². The Labute approximate surface area is 105 Å². The Morgan fingerprint density at radius 1 is 1.33 bits per heavy atom. The third-order valence-corrected chi connectivity index (χ3v) is 3.31. The molecule has 0 bridgehead atoms. The number of hydrogen-bond donors (Lipinski definition) is 1. The zero-order valence-electron chi connectivity index (χ0n) is 10.5. The average Bonchev–Trinajstić information content (AvgIpc) is 2.35. The second-order valence-electron chi connectivity index (χ2n) is 4.61. The first-order valence-corrected chi connectivity index (χ1v) is 6.22. The summed E-state index contributed by atoms with van der Waals surface area (Å²) in [5.74, 6) is -6.34. The molecule has 1 saturated carbocycles. The number of carbonyl (C=O) groups is 1. The summed E-state index contributed by atoms with van der Waals surface area (Å²) in [6, 6.07) is 0. The van der Waals surface area contributed by atoms with Crippen LogP contribution >= 0.6 is 0 Å². The smallest absolute Gasteiger partial charge is 0.377 e. The summed E-state index contributed by atoms with van der Waals surface area (Å²) in [5, 5.41) is 8.64. The minimum absolute atomic E-state index is 0.0134. The van der Waals surface area contributed by atoms with E-state index in [2.05, 4.69) is 0 Å². The van der Waals surface area contributed by atoms with E-state index in [1.165, 1.54) is 7.11 Å². The summed E-state index contributed by atoms with van der Waals surface area (Å²) in [6.45, 7) is 0.166. The Morgan fingerprint density at radius 3 is 2.44 bits per heavy atom. The van der Waals surface area contributed by atoms with Crippen molar-refractivity contribution >= 4 is 5.97 Å². The third-order valence-electron chi connectivity index (χ3n) is 3.31. The predicted octanol–water partition coefficient (Wildman–Crippen LogP) is 2.32. The molecule has 0 aliphatic heterocycles. The molecule has 0 aromatic carbocycles. The molecule has 0 saturated heterocycles. The summed E-state index contributed by atoms with van der Waals surface area (Å²) in [5.41, 5.74) is 0. The standard InChI is InChI=1S/C12H20F2O4/c1-17-7-8-18-10(12(13,14)11(15)16)9-5-3-2-4-6-9/h9-10H,2-8H2,1H3,(H,15,16). The van der Waals surface area contributed by atoms with Crippen LogP contribution in [0.1, 0.15) is 32.1 Å². The van der Waals surface area contributed by atoms with E-state index in [4.69, 9.17) is 14.6 Å². The molecule has 1 unspecified atom stereocenters. The molecule has 0 radical (unpaired) electrons. The van der Waals surface area contributed by atoms with Crippen LogP contribution < -0.4 is 0 Å². The second kappa shape index (κ2) is 6.99. The molecule has 0 heterocycles. The zero-order valence-corrected chi connectivity index (χ0v) is 10.5. The average molecular weight is 266 g/mol. The molecule has 0 aromatic rings. The van der Waals surface area contributed by atoms with Gasteiger partial charge in [-0.2, -0.15) is 8.78 Å². The van der Waals surface area contributed by atoms with Crippen LogP contribution in [0.5, 0.6) is 0 Å². The number of rotatable bonds is 7. The molecule has 106 valence electrons. The Kier molecular flexibility index (Phi) is 5.95. The molecule has 4 nitrogen and oxygen atoms in total. The van der Waals surface area contributed by atoms with Gasteiger partial charge in [-0.1, -0.05) is 19.3 Å². The lowest BCUT2D eigenvalue weighted by Crippen LogP contribution is -2.48. The van der Waals surface area contributed by atoms with Gasteiger partial charge in [0.1, 0.15) is 6.10 Å². The number of hydrogen-bond acceptors (Lipinski definition) is 3. The summed E-state index contributed by atoms with van der Waals surface area (Å²) in [4.78, 5) is 10.7. The van der Waals surface area contributed by atoms with Crippen molar-refractivity contribution in [3.8, 4) is 0 Å². The van der Waals surface area contributed by atoms with Gasteiger partial charge in [-0.15, -0.1) is 0 Å². The van der Waals surface area contributed by atoms with E-state index < -0.39 is 18.0 Å². The molecule has 0 spiro atoms. The van der Waals surface area contributed by atoms with E-state index >= 15 is 0 Å². The quantitative estimate of drug-likeness (QED) is 0.718. The van der Waals surface area contributed by atoms with Crippen molar-refractivity contribution in [1.29, 1.82) is 0 Å². The fourth-order valence-corrected chi connectivity index (χ4v) is 2.35. The molecule has 1 atom stereocenters. The van der Waals surface area contributed by atoms with Gasteiger partial charge in [-0.25, -0.2) is 4.79 Å². The van der Waals surface area contributed by atoms with Crippen molar-refractivity contribution in [2.75, 3.05) is 20.3 Å². The Bertz CT molecular complexity index is 265. The minimum atomic E-state index is -3.84. The van der Waals surface area contributed by atoms with Crippen molar-refractivity contribution in [2.24, 2.45) is 5.92 Å². The number of carboxylic acid groups (broad SMARTS) is 1. The van der Waals surface area contributed by atoms with Crippen LogP contribution in [0.2, 0.25) is 0 Å². The molecule has 1 rings (SSSR count). The largest absolute Gasteiger partial charge is 0.477 e. The zero-order chi connectivity index (χ0) is 13.6. The summed E-state index contributed by atoms with van der Waals surface area (Å²) < 4.78 is 37.1. The minimum Gasteiger partial charge on any atom is -0.477 e. The van der Waals surface area contributed by atoms with Crippen LogP contribution in [0.3, 0.4) is 0 Å². The fourth-order valence-electron chi connectivity index (χ4n) is 2.35. The normalized spacial score (nSPS) is 19.7. The highest BCUT2D eigenvalue weighted by molar-refractivity contribution is 5.76. The van der Waals surface area contributed by atoms with Crippen LogP contribution in [0.4, 0.5) is 8.78 Å². The molecule has 1 N–H and O–H groups in total. The van der Waals surface area contributed by atoms with Crippen LogP contribution in [0.15, 0.2) is 0 Å². The first-order valence-electron chi connectivity index (χ1n) is 6.22. The van der Waals surface area contributed by atoms with E-state index in [1.54, 1.807) is 0 Å². The number of carboxylic acids is 1. The Hall–Kier alpha value is -0.750. The molecule has 1 fully saturated rings. The molecule has 0 amide bonds. The van der Waals surface area contributed by atoms with E-state index in [1.807, 2.05) is 0 Å². The summed E-state index contributed by atoms with van der Waals surface area (Å²) in [7, 11) is 1.44. The summed E-state index contributed by atoms with van der Waals surface area (Å²) >= 11 is 0. The Morgan fingerprint density at radius 2 is 1.94 bits per heavy atom. The van der Waals surface area contributed by atoms with Gasteiger partial charge in [0.15, 0.2) is 0 Å². The van der Waals surface area contributed by atoms with E-state index in [9.17, 15) is 13.6 Å². The molecule has 1 aliphatic carbocycles. The van der Waals surface area contributed by atoms with Gasteiger partial charge >= 0.3 is 11.9 Å². The van der Waals surface area contributed by atoms with E-state index in [0.29, 0.717) is 12.8 Å². The van der Waals surface area contributed by atoms with Gasteiger partial charge < -0.3 is 14.6 Å². The number of methoxy groups -OCH3 is 1. The van der Waals surface area contributed by atoms with Crippen molar-refractivity contribution in [3.05, 3.63) is 0 Å². The highest BCUT2D eigenvalue weighted by Gasteiger charge is 2.51. The van der Waals surface area contributed by atoms with Gasteiger partial charge in [0.05, 0.1) is 13.2 Å². The van der Waals surface area contributed by atoms with Crippen molar-refractivity contribution < 1.29 is 28.2 Å². The highest BCUT2D eigenvalue weighted by atomic mass is 19.3. The van der Waals surface area contributed by atoms with E-state index in [-0.39, 0.29) is 19.1 Å². The van der Waals surface area contributed by atoms with Gasteiger partial charge in [-0.05, 0) is 18.8 Å². The van der Waals surface area contributed by atoms with Gasteiger partial charge in [0, 0.05) is 7.11 Å². The Balaban J connectivity index is 2.69. The second-order valence-corrected chi connectivity index (χ2v) is 4.61. The molecule has 1 aliphatic rings. The van der Waals surface area contributed by atoms with Crippen LogP contribution in [0.25, 0.3) is 0 Å². The topological polar surface area (TPSA) is 55.8 Å². The third kappa shape index (κ3) is 3.88. The van der Waals surface area contributed by atoms with Crippen molar-refractivity contribution in [1.82, 2.24) is 0 Å². The van der Waals surface area contributed by atoms with E-state index in [0.717, 1.165) is 19.3 Å². The first-order chi connectivity index (χ1) is 8.50. The maximum atomic E-state index is 13.7. The van der Waals surface area contributed by atoms with Crippen LogP contribution in [0, 0.1) is 5.92 Å². The maximum absolute atomic E-state index is 13.7. The first kappa shape index (κ1) is 15.3. The molecule has 0 aromatic heterocycles. The summed E-state index contributed by atoms with van der Waals surface area (Å²) in [6.07, 6.45) is 2.36. The lowest BCUT2D eigenvalue weighted by atomic mass is 9.83. The number of alkyl halides is 2. The van der Waals surface area contributed by atoms with Gasteiger partial charge in [0.25, 0.3) is 0 Å². The molecule has 18 heavy (non-hydrogen) atoms. The van der Waals surface area contributed by atoms with Crippen LogP contribution in [-0.2, 0) is 14.3 Å². The molecule has 6 heteroatoms. The fraction of sp³-hybridized carbons (Fsp3) is 0.917. The number of halogens is 2. The predicted molar refractivity (Wildman–Crippen MR) is 60.8 cm³/mol. The van der Waals surface area contributed by atoms with Crippen molar-refractivity contribution in [3.63, 3.8) is 0 Å². The molecular formula is C12H20F2O4. The highest BCUT2D eigenvalue weighted by Crippen LogP contribution is 2.36. The maximum Gasteiger partial charge on any atom is 0.377 e. The lowest BCUT2D eigenvalue weighted by molar-refractivity contribution is -0.200. The monoisotopic (exact) mass is 266 g/mol. The van der Waals surface area contributed by atoms with Crippen LogP contribution in [-0.4, -0.2) is 43.4 Å². The van der Waals surface area contributed by atoms with Gasteiger partial charge in [0.2, 0.25) is 0 Å². The number of aliphatic carboxylic acids is 1. The number of ether oxygens (including phenoxy) is 2. The lowest BCUT2D eigenvalue weighted by Gasteiger charge is -2.33.